The molecule has 0 aromatic heterocycles. The van der Waals surface area contributed by atoms with Gasteiger partial charge >= 0.3 is 11.9 Å². The van der Waals surface area contributed by atoms with Gasteiger partial charge in [0, 0.05) is 30.0 Å². The summed E-state index contributed by atoms with van der Waals surface area (Å²) in [5.41, 5.74) is 4.27. The van der Waals surface area contributed by atoms with Crippen LogP contribution >= 0.6 is 46.4 Å². The van der Waals surface area contributed by atoms with Gasteiger partial charge < -0.3 is 30.2 Å². The lowest BCUT2D eigenvalue weighted by Gasteiger charge is -2.13. The third kappa shape index (κ3) is 11.7. The van der Waals surface area contributed by atoms with Crippen LogP contribution in [-0.2, 0) is 34.0 Å². The highest BCUT2D eigenvalue weighted by molar-refractivity contribution is 6.38. The molecule has 4 rings (SSSR count). The van der Waals surface area contributed by atoms with Crippen LogP contribution < -0.4 is 25.4 Å². The standard InChI is InChI=1S/C37H37Cl4N3O6/c1-3-11-42-27-9-5-7-23(13-27)21-48-35-29(38)15-25(16-30(35)39)17-33(45)50-34(46)20-44-37(47)26-18-31(40)36(32(41)19-26)49-22-24-8-6-10-28(14-24)43-12-4-2/h5-10,13-16,18-19,42-43H,3-4,11-12,17,20-22H2,1-2H3,(H,44,47). The van der Waals surface area contributed by atoms with Gasteiger partial charge in [-0.3, -0.25) is 9.59 Å². The van der Waals surface area contributed by atoms with Crippen LogP contribution in [0.15, 0.2) is 72.8 Å². The minimum atomic E-state index is -0.969. The topological polar surface area (TPSA) is 115 Å². The highest BCUT2D eigenvalue weighted by Crippen LogP contribution is 2.36. The van der Waals surface area contributed by atoms with Gasteiger partial charge in [0.15, 0.2) is 11.5 Å². The molecular weight excluding hydrogens is 724 g/mol. The molecule has 50 heavy (non-hydrogen) atoms. The molecule has 0 atom stereocenters. The van der Waals surface area contributed by atoms with E-state index in [1.165, 1.54) is 24.3 Å². The zero-order chi connectivity index (χ0) is 36.0. The zero-order valence-corrected chi connectivity index (χ0v) is 30.6. The normalized spacial score (nSPS) is 10.7. The fraction of sp³-hybridized carbons (Fsp3) is 0.270. The van der Waals surface area contributed by atoms with E-state index in [0.29, 0.717) is 5.56 Å². The van der Waals surface area contributed by atoms with Crippen molar-refractivity contribution in [2.45, 2.75) is 46.3 Å². The third-order valence-electron chi connectivity index (χ3n) is 7.07. The van der Waals surface area contributed by atoms with Crippen molar-refractivity contribution < 1.29 is 28.6 Å². The van der Waals surface area contributed by atoms with Gasteiger partial charge in [-0.1, -0.05) is 84.5 Å². The fourth-order valence-corrected chi connectivity index (χ4v) is 5.93. The number of anilines is 2. The molecule has 4 aromatic carbocycles. The average Bonchev–Trinajstić information content (AvgIpc) is 3.08. The number of carbonyl (C=O) groups excluding carboxylic acids is 3. The summed E-state index contributed by atoms with van der Waals surface area (Å²) < 4.78 is 16.6. The van der Waals surface area contributed by atoms with Crippen LogP contribution in [0.1, 0.15) is 53.7 Å². The van der Waals surface area contributed by atoms with Crippen LogP contribution in [0.3, 0.4) is 0 Å². The predicted molar refractivity (Wildman–Crippen MR) is 199 cm³/mol. The monoisotopic (exact) mass is 759 g/mol. The van der Waals surface area contributed by atoms with Gasteiger partial charge in [0.05, 0.1) is 26.5 Å². The Labute approximate surface area is 311 Å². The summed E-state index contributed by atoms with van der Waals surface area (Å²) in [7, 11) is 0. The van der Waals surface area contributed by atoms with Crippen molar-refractivity contribution >= 4 is 75.6 Å². The molecule has 264 valence electrons. The summed E-state index contributed by atoms with van der Waals surface area (Å²) in [5, 5.41) is 9.66. The van der Waals surface area contributed by atoms with E-state index in [-0.39, 0.29) is 56.8 Å². The van der Waals surface area contributed by atoms with E-state index in [1.54, 1.807) is 0 Å². The van der Waals surface area contributed by atoms with E-state index in [1.807, 2.05) is 48.5 Å². The predicted octanol–water partition coefficient (Wildman–Crippen LogP) is 9.14. The molecule has 13 heteroatoms. The van der Waals surface area contributed by atoms with Gasteiger partial charge in [0.2, 0.25) is 0 Å². The minimum Gasteiger partial charge on any atom is -0.486 e. The second-order valence-corrected chi connectivity index (χ2v) is 12.8. The van der Waals surface area contributed by atoms with Gasteiger partial charge in [-0.15, -0.1) is 0 Å². The first-order valence-corrected chi connectivity index (χ1v) is 17.5. The molecule has 1 amide bonds. The molecule has 0 aliphatic carbocycles. The van der Waals surface area contributed by atoms with Crippen LogP contribution in [0.2, 0.25) is 20.1 Å². The van der Waals surface area contributed by atoms with E-state index in [9.17, 15) is 14.4 Å². The number of hydrogen-bond acceptors (Lipinski definition) is 8. The minimum absolute atomic E-state index is 0.0877. The SMILES string of the molecule is CCCNc1cccc(COc2c(Cl)cc(CC(=O)OC(=O)CNC(=O)c3cc(Cl)c(OCc4cccc(NCCC)c4)c(Cl)c3)cc2Cl)c1. The summed E-state index contributed by atoms with van der Waals surface area (Å²) in [4.78, 5) is 37.6. The average molecular weight is 762 g/mol. The number of amides is 1. The molecule has 0 fully saturated rings. The van der Waals surface area contributed by atoms with Gasteiger partial charge in [-0.05, 0) is 78.1 Å². The maximum atomic E-state index is 12.7. The number of halogens is 4. The lowest BCUT2D eigenvalue weighted by molar-refractivity contribution is -0.158. The van der Waals surface area contributed by atoms with Crippen LogP contribution in [0, 0.1) is 0 Å². The Kier molecular flexibility index (Phi) is 14.9. The van der Waals surface area contributed by atoms with E-state index < -0.39 is 24.4 Å². The summed E-state index contributed by atoms with van der Waals surface area (Å²) in [6.45, 7) is 5.73. The number of rotatable bonds is 17. The van der Waals surface area contributed by atoms with Gasteiger partial charge in [0.25, 0.3) is 5.91 Å². The molecule has 0 aliphatic rings. The van der Waals surface area contributed by atoms with Crippen molar-refractivity contribution in [1.29, 1.82) is 0 Å². The van der Waals surface area contributed by atoms with Crippen LogP contribution in [-0.4, -0.2) is 37.5 Å². The molecule has 4 aromatic rings. The largest absolute Gasteiger partial charge is 0.486 e. The number of ether oxygens (including phenoxy) is 3. The third-order valence-corrected chi connectivity index (χ3v) is 8.19. The van der Waals surface area contributed by atoms with E-state index >= 15 is 0 Å². The highest BCUT2D eigenvalue weighted by atomic mass is 35.5. The lowest BCUT2D eigenvalue weighted by atomic mass is 10.1. The van der Waals surface area contributed by atoms with E-state index in [0.717, 1.165) is 48.4 Å². The second kappa shape index (κ2) is 19.3. The van der Waals surface area contributed by atoms with Crippen molar-refractivity contribution in [2.75, 3.05) is 30.3 Å². The van der Waals surface area contributed by atoms with Crippen molar-refractivity contribution in [1.82, 2.24) is 5.32 Å². The molecule has 9 nitrogen and oxygen atoms in total. The first-order chi connectivity index (χ1) is 24.1. The maximum Gasteiger partial charge on any atom is 0.333 e. The molecule has 0 spiro atoms. The number of esters is 2. The molecule has 0 bridgehead atoms. The Morgan fingerprint density at radius 1 is 0.620 bits per heavy atom. The Balaban J connectivity index is 1.25. The first kappa shape index (κ1) is 38.6. The Bertz CT molecular complexity index is 1770. The molecule has 0 radical (unpaired) electrons. The first-order valence-electron chi connectivity index (χ1n) is 16.0. The summed E-state index contributed by atoms with van der Waals surface area (Å²) in [6, 6.07) is 21.3. The molecular formula is C37H37Cl4N3O6. The molecule has 3 N–H and O–H groups in total. The van der Waals surface area contributed by atoms with Gasteiger partial charge in [-0.2, -0.15) is 0 Å². The van der Waals surface area contributed by atoms with Crippen molar-refractivity contribution in [3.05, 3.63) is 115 Å². The van der Waals surface area contributed by atoms with Crippen LogP contribution in [0.5, 0.6) is 11.5 Å². The van der Waals surface area contributed by atoms with Gasteiger partial charge in [0.1, 0.15) is 19.8 Å². The number of carbonyl (C=O) groups is 3. The number of hydrogen-bond donors (Lipinski definition) is 3. The molecule has 0 heterocycles. The van der Waals surface area contributed by atoms with Crippen molar-refractivity contribution in [2.24, 2.45) is 0 Å². The second-order valence-electron chi connectivity index (χ2n) is 11.2. The van der Waals surface area contributed by atoms with E-state index in [4.69, 9.17) is 60.6 Å². The summed E-state index contributed by atoms with van der Waals surface area (Å²) in [5.74, 6) is -2.00. The van der Waals surface area contributed by atoms with Gasteiger partial charge in [-0.25, -0.2) is 4.79 Å². The van der Waals surface area contributed by atoms with Crippen molar-refractivity contribution in [3.63, 3.8) is 0 Å². The van der Waals surface area contributed by atoms with E-state index in [2.05, 4.69) is 29.8 Å². The molecule has 0 saturated heterocycles. The highest BCUT2D eigenvalue weighted by Gasteiger charge is 2.18. The Morgan fingerprint density at radius 3 is 1.58 bits per heavy atom. The Hall–Kier alpha value is -4.15. The quantitative estimate of drug-likeness (QED) is 0.0722. The maximum absolute atomic E-state index is 12.7. The van der Waals surface area contributed by atoms with Crippen molar-refractivity contribution in [3.8, 4) is 11.5 Å². The summed E-state index contributed by atoms with van der Waals surface area (Å²) >= 11 is 25.6. The van der Waals surface area contributed by atoms with Crippen LogP contribution in [0.25, 0.3) is 0 Å². The smallest absolute Gasteiger partial charge is 0.333 e. The summed E-state index contributed by atoms with van der Waals surface area (Å²) in [6.07, 6.45) is 1.70. The number of nitrogens with one attached hydrogen (secondary N) is 3. The Morgan fingerprint density at radius 2 is 1.10 bits per heavy atom. The molecule has 0 unspecified atom stereocenters. The fourth-order valence-electron chi connectivity index (χ4n) is 4.69. The number of benzene rings is 4. The zero-order valence-electron chi connectivity index (χ0n) is 27.5. The lowest BCUT2D eigenvalue weighted by Crippen LogP contribution is -2.32. The molecule has 0 saturated carbocycles. The van der Waals surface area contributed by atoms with Crippen LogP contribution in [0.4, 0.5) is 11.4 Å². The molecule has 0 aliphatic heterocycles.